The molecule has 4 heteroatoms. The summed E-state index contributed by atoms with van der Waals surface area (Å²) in [6.45, 7) is 0.503. The number of hydrogen-bond donors (Lipinski definition) is 1. The zero-order valence-electron chi connectivity index (χ0n) is 15.4. The van der Waals surface area contributed by atoms with E-state index in [-0.39, 0.29) is 17.5 Å². The fourth-order valence-corrected chi connectivity index (χ4v) is 3.23. The lowest BCUT2D eigenvalue weighted by molar-refractivity contribution is -0.117. The first-order chi connectivity index (χ1) is 13.2. The Morgan fingerprint density at radius 1 is 1.07 bits per heavy atom. The summed E-state index contributed by atoms with van der Waals surface area (Å²) in [4.78, 5) is 12.3. The molecular formula is C23H24N2O2. The summed E-state index contributed by atoms with van der Waals surface area (Å²) in [5.41, 5.74) is 2.04. The van der Waals surface area contributed by atoms with Gasteiger partial charge in [0.2, 0.25) is 0 Å². The minimum absolute atomic E-state index is 0.138. The van der Waals surface area contributed by atoms with Crippen LogP contribution in [0.25, 0.3) is 6.08 Å². The van der Waals surface area contributed by atoms with Crippen LogP contribution >= 0.6 is 0 Å². The van der Waals surface area contributed by atoms with Crippen molar-refractivity contribution in [3.05, 3.63) is 71.3 Å². The summed E-state index contributed by atoms with van der Waals surface area (Å²) in [5, 5.41) is 12.3. The molecule has 2 aromatic carbocycles. The van der Waals surface area contributed by atoms with Gasteiger partial charge in [-0.3, -0.25) is 4.79 Å². The molecule has 1 saturated carbocycles. The fourth-order valence-electron chi connectivity index (χ4n) is 3.23. The summed E-state index contributed by atoms with van der Waals surface area (Å²) in [6, 6.07) is 19.6. The molecule has 1 amide bonds. The zero-order chi connectivity index (χ0) is 18.9. The second kappa shape index (κ2) is 9.59. The predicted octanol–water partition coefficient (Wildman–Crippen LogP) is 4.62. The van der Waals surface area contributed by atoms with E-state index < -0.39 is 0 Å². The third-order valence-corrected chi connectivity index (χ3v) is 4.74. The van der Waals surface area contributed by atoms with E-state index in [1.54, 1.807) is 6.08 Å². The Labute approximate surface area is 160 Å². The van der Waals surface area contributed by atoms with E-state index in [0.29, 0.717) is 6.61 Å². The number of carbonyl (C=O) groups is 1. The summed E-state index contributed by atoms with van der Waals surface area (Å²) < 4.78 is 5.76. The molecule has 0 saturated heterocycles. The molecule has 1 aliphatic rings. The number of nitriles is 1. The summed E-state index contributed by atoms with van der Waals surface area (Å²) in [6.07, 6.45) is 7.13. The molecule has 0 spiro atoms. The average Bonchev–Trinajstić information content (AvgIpc) is 2.73. The third-order valence-electron chi connectivity index (χ3n) is 4.74. The van der Waals surface area contributed by atoms with Crippen molar-refractivity contribution in [3.8, 4) is 11.8 Å². The Hall–Kier alpha value is -3.06. The summed E-state index contributed by atoms with van der Waals surface area (Å²) in [7, 11) is 0. The third kappa shape index (κ3) is 5.72. The van der Waals surface area contributed by atoms with Crippen LogP contribution in [-0.2, 0) is 11.4 Å². The first kappa shape index (κ1) is 18.7. The molecule has 1 N–H and O–H groups in total. The van der Waals surface area contributed by atoms with E-state index in [0.717, 1.165) is 42.6 Å². The van der Waals surface area contributed by atoms with Crippen molar-refractivity contribution in [2.75, 3.05) is 0 Å². The van der Waals surface area contributed by atoms with Crippen LogP contribution in [0.4, 0.5) is 0 Å². The minimum atomic E-state index is -0.284. The van der Waals surface area contributed by atoms with Crippen molar-refractivity contribution in [1.29, 1.82) is 5.26 Å². The largest absolute Gasteiger partial charge is 0.489 e. The van der Waals surface area contributed by atoms with E-state index in [1.165, 1.54) is 6.42 Å². The monoisotopic (exact) mass is 360 g/mol. The number of nitrogens with zero attached hydrogens (tertiary/aromatic N) is 1. The molecule has 0 atom stereocenters. The number of ether oxygens (including phenoxy) is 1. The van der Waals surface area contributed by atoms with Crippen molar-refractivity contribution in [3.63, 3.8) is 0 Å². The van der Waals surface area contributed by atoms with Gasteiger partial charge in [-0.25, -0.2) is 0 Å². The molecular weight excluding hydrogens is 336 g/mol. The van der Waals surface area contributed by atoms with Gasteiger partial charge in [0, 0.05) is 6.04 Å². The highest BCUT2D eigenvalue weighted by Crippen LogP contribution is 2.19. The smallest absolute Gasteiger partial charge is 0.262 e. The van der Waals surface area contributed by atoms with Gasteiger partial charge in [-0.2, -0.15) is 5.26 Å². The Morgan fingerprint density at radius 3 is 2.44 bits per heavy atom. The van der Waals surface area contributed by atoms with Crippen LogP contribution in [0.5, 0.6) is 5.75 Å². The Balaban J connectivity index is 1.59. The molecule has 3 rings (SSSR count). The highest BCUT2D eigenvalue weighted by Gasteiger charge is 2.18. The number of nitrogens with one attached hydrogen (secondary N) is 1. The second-order valence-electron chi connectivity index (χ2n) is 6.82. The first-order valence-electron chi connectivity index (χ1n) is 9.44. The molecule has 0 heterocycles. The van der Waals surface area contributed by atoms with Gasteiger partial charge >= 0.3 is 0 Å². The summed E-state index contributed by atoms with van der Waals surface area (Å²) >= 11 is 0. The second-order valence-corrected chi connectivity index (χ2v) is 6.82. The van der Waals surface area contributed by atoms with Crippen LogP contribution in [-0.4, -0.2) is 11.9 Å². The topological polar surface area (TPSA) is 62.1 Å². The molecule has 0 unspecified atom stereocenters. The zero-order valence-corrected chi connectivity index (χ0v) is 15.4. The maximum Gasteiger partial charge on any atom is 0.262 e. The molecule has 0 radical (unpaired) electrons. The van der Waals surface area contributed by atoms with Crippen LogP contribution in [0, 0.1) is 11.3 Å². The standard InChI is InChI=1S/C23H24N2O2/c24-16-20(23(26)25-21-9-5-2-6-10-21)15-18-11-13-22(14-12-18)27-17-19-7-3-1-4-8-19/h1,3-4,7-8,11-15,21H,2,5-6,9-10,17H2,(H,25,26)/b20-15+. The van der Waals surface area contributed by atoms with E-state index in [1.807, 2.05) is 60.7 Å². The lowest BCUT2D eigenvalue weighted by atomic mass is 9.95. The Morgan fingerprint density at radius 2 is 1.78 bits per heavy atom. The van der Waals surface area contributed by atoms with E-state index >= 15 is 0 Å². The molecule has 2 aromatic rings. The molecule has 138 valence electrons. The van der Waals surface area contributed by atoms with E-state index in [4.69, 9.17) is 4.74 Å². The van der Waals surface area contributed by atoms with Crippen molar-refractivity contribution in [2.45, 2.75) is 44.8 Å². The van der Waals surface area contributed by atoms with Crippen molar-refractivity contribution >= 4 is 12.0 Å². The van der Waals surface area contributed by atoms with Gasteiger partial charge < -0.3 is 10.1 Å². The van der Waals surface area contributed by atoms with Crippen molar-refractivity contribution < 1.29 is 9.53 Å². The molecule has 1 aliphatic carbocycles. The highest BCUT2D eigenvalue weighted by molar-refractivity contribution is 6.01. The fraction of sp³-hybridized carbons (Fsp3) is 0.304. The lowest BCUT2D eigenvalue weighted by Gasteiger charge is -2.22. The molecule has 0 aliphatic heterocycles. The number of hydrogen-bond acceptors (Lipinski definition) is 3. The van der Waals surface area contributed by atoms with Gasteiger partial charge in [0.05, 0.1) is 0 Å². The van der Waals surface area contributed by atoms with Gasteiger partial charge in [-0.15, -0.1) is 0 Å². The van der Waals surface area contributed by atoms with E-state index in [2.05, 4.69) is 5.32 Å². The van der Waals surface area contributed by atoms with Crippen molar-refractivity contribution in [2.24, 2.45) is 0 Å². The van der Waals surface area contributed by atoms with Crippen LogP contribution in [0.15, 0.2) is 60.2 Å². The average molecular weight is 360 g/mol. The molecule has 4 nitrogen and oxygen atoms in total. The maximum absolute atomic E-state index is 12.3. The SMILES string of the molecule is N#C/C(=C\c1ccc(OCc2ccccc2)cc1)C(=O)NC1CCCCC1. The predicted molar refractivity (Wildman–Crippen MR) is 106 cm³/mol. The number of rotatable bonds is 6. The lowest BCUT2D eigenvalue weighted by Crippen LogP contribution is -2.36. The minimum Gasteiger partial charge on any atom is -0.489 e. The maximum atomic E-state index is 12.3. The highest BCUT2D eigenvalue weighted by atomic mass is 16.5. The van der Waals surface area contributed by atoms with Gasteiger partial charge in [-0.05, 0) is 42.2 Å². The summed E-state index contributed by atoms with van der Waals surface area (Å²) in [5.74, 6) is 0.468. The first-order valence-corrected chi connectivity index (χ1v) is 9.44. The van der Waals surface area contributed by atoms with Gasteiger partial charge in [0.15, 0.2) is 0 Å². The number of benzene rings is 2. The van der Waals surface area contributed by atoms with E-state index in [9.17, 15) is 10.1 Å². The van der Waals surface area contributed by atoms with Crippen LogP contribution in [0.3, 0.4) is 0 Å². The molecule has 0 bridgehead atoms. The number of amides is 1. The molecule has 27 heavy (non-hydrogen) atoms. The Kier molecular flexibility index (Phi) is 6.65. The van der Waals surface area contributed by atoms with Crippen LogP contribution in [0.2, 0.25) is 0 Å². The van der Waals surface area contributed by atoms with Gasteiger partial charge in [0.1, 0.15) is 24.0 Å². The molecule has 0 aromatic heterocycles. The quantitative estimate of drug-likeness (QED) is 0.604. The van der Waals surface area contributed by atoms with Crippen LogP contribution in [0.1, 0.15) is 43.2 Å². The van der Waals surface area contributed by atoms with Gasteiger partial charge in [0.25, 0.3) is 5.91 Å². The normalized spacial score (nSPS) is 15.0. The Bertz CT molecular complexity index is 814. The number of carbonyl (C=O) groups excluding carboxylic acids is 1. The molecule has 1 fully saturated rings. The van der Waals surface area contributed by atoms with Gasteiger partial charge in [-0.1, -0.05) is 61.7 Å². The van der Waals surface area contributed by atoms with Crippen molar-refractivity contribution in [1.82, 2.24) is 5.32 Å². The van der Waals surface area contributed by atoms with Crippen LogP contribution < -0.4 is 10.1 Å².